The lowest BCUT2D eigenvalue weighted by molar-refractivity contribution is 0.443. The minimum absolute atomic E-state index is 0.0148. The number of thiazole rings is 1. The molecule has 2 aromatic carbocycles. The predicted molar refractivity (Wildman–Crippen MR) is 110 cm³/mol. The zero-order valence-electron chi connectivity index (χ0n) is 15.7. The summed E-state index contributed by atoms with van der Waals surface area (Å²) in [5.41, 5.74) is 4.80. The van der Waals surface area contributed by atoms with Gasteiger partial charge in [0.15, 0.2) is 5.69 Å². The Balaban J connectivity index is 1.65. The molecule has 0 fully saturated rings. The quantitative estimate of drug-likeness (QED) is 0.573. The molecule has 1 aromatic heterocycles. The third-order valence-corrected chi connectivity index (χ3v) is 6.20. The summed E-state index contributed by atoms with van der Waals surface area (Å²) >= 11 is 1.08. The van der Waals surface area contributed by atoms with Crippen LogP contribution in [-0.2, 0) is 6.42 Å². The molecule has 0 amide bonds. The number of aromatic nitrogens is 1. The Bertz CT molecular complexity index is 1130. The van der Waals surface area contributed by atoms with E-state index in [4.69, 9.17) is 11.3 Å². The first-order chi connectivity index (χ1) is 13.5. The molecule has 3 aromatic rings. The molecule has 0 bridgehead atoms. The molecule has 0 saturated carbocycles. The Morgan fingerprint density at radius 1 is 1.21 bits per heavy atom. The molecule has 5 nitrogen and oxygen atoms in total. The van der Waals surface area contributed by atoms with Gasteiger partial charge < -0.3 is 9.84 Å². The van der Waals surface area contributed by atoms with Gasteiger partial charge >= 0.3 is 4.87 Å². The number of fused-ring (bicyclic) bond motifs is 1. The van der Waals surface area contributed by atoms with Crippen LogP contribution in [0, 0.1) is 20.4 Å². The summed E-state index contributed by atoms with van der Waals surface area (Å²) < 4.78 is 6.07. The Morgan fingerprint density at radius 3 is 2.61 bits per heavy atom. The van der Waals surface area contributed by atoms with E-state index in [0.717, 1.165) is 58.8 Å². The number of ether oxygens (including phenoxy) is 1. The number of aromatic hydroxyl groups is 1. The van der Waals surface area contributed by atoms with Gasteiger partial charge in [0.2, 0.25) is 5.88 Å². The highest BCUT2D eigenvalue weighted by Crippen LogP contribution is 2.42. The summed E-state index contributed by atoms with van der Waals surface area (Å²) in [6, 6.07) is 9.78. The monoisotopic (exact) mass is 392 g/mol. The SMILES string of the molecule is [C-]#[N+]c1c(C)cc(Oc2ccc3c(c2)CCC[C@H]3c2sc(=O)[nH]c2O)cc1C. The highest BCUT2D eigenvalue weighted by atomic mass is 32.1. The third-order valence-electron chi connectivity index (χ3n) is 5.21. The zero-order valence-corrected chi connectivity index (χ0v) is 16.5. The number of H-pyrrole nitrogens is 1. The van der Waals surface area contributed by atoms with E-state index < -0.39 is 0 Å². The van der Waals surface area contributed by atoms with Crippen molar-refractivity contribution in [3.8, 4) is 17.4 Å². The van der Waals surface area contributed by atoms with Crippen LogP contribution in [0.3, 0.4) is 0 Å². The minimum atomic E-state index is -0.229. The lowest BCUT2D eigenvalue weighted by Crippen LogP contribution is -2.10. The van der Waals surface area contributed by atoms with E-state index >= 15 is 0 Å². The largest absolute Gasteiger partial charge is 0.494 e. The first-order valence-electron chi connectivity index (χ1n) is 9.17. The van der Waals surface area contributed by atoms with Crippen LogP contribution in [-0.4, -0.2) is 10.1 Å². The molecule has 142 valence electrons. The first kappa shape index (κ1) is 18.3. The fraction of sp³-hybridized carbons (Fsp3) is 0.273. The van der Waals surface area contributed by atoms with Crippen molar-refractivity contribution in [2.24, 2.45) is 0 Å². The Morgan fingerprint density at radius 2 is 1.96 bits per heavy atom. The summed E-state index contributed by atoms with van der Waals surface area (Å²) in [6.45, 7) is 11.1. The molecule has 0 spiro atoms. The number of nitrogens with one attached hydrogen (secondary N) is 1. The molecular weight excluding hydrogens is 372 g/mol. The summed E-state index contributed by atoms with van der Waals surface area (Å²) in [7, 11) is 0. The first-order valence-corrected chi connectivity index (χ1v) is 9.99. The smallest absolute Gasteiger partial charge is 0.307 e. The van der Waals surface area contributed by atoms with Crippen LogP contribution >= 0.6 is 11.3 Å². The summed E-state index contributed by atoms with van der Waals surface area (Å²) in [4.78, 5) is 18.1. The molecule has 0 radical (unpaired) electrons. The lowest BCUT2D eigenvalue weighted by Gasteiger charge is -2.25. The van der Waals surface area contributed by atoms with Crippen molar-refractivity contribution in [2.75, 3.05) is 0 Å². The van der Waals surface area contributed by atoms with E-state index in [1.165, 1.54) is 5.56 Å². The van der Waals surface area contributed by atoms with Crippen molar-refractivity contribution in [2.45, 2.75) is 39.0 Å². The third kappa shape index (κ3) is 3.30. The number of aryl methyl sites for hydroxylation is 3. The lowest BCUT2D eigenvalue weighted by atomic mass is 9.82. The van der Waals surface area contributed by atoms with Crippen molar-refractivity contribution in [3.05, 3.63) is 78.5 Å². The maximum absolute atomic E-state index is 11.6. The minimum Gasteiger partial charge on any atom is -0.494 e. The number of rotatable bonds is 3. The van der Waals surface area contributed by atoms with Crippen molar-refractivity contribution >= 4 is 17.0 Å². The van der Waals surface area contributed by atoms with Gasteiger partial charge in [0.1, 0.15) is 11.5 Å². The van der Waals surface area contributed by atoms with Crippen LogP contribution in [0.4, 0.5) is 5.69 Å². The second-order valence-electron chi connectivity index (χ2n) is 7.15. The van der Waals surface area contributed by atoms with Crippen LogP contribution in [0.1, 0.15) is 45.9 Å². The second-order valence-corrected chi connectivity index (χ2v) is 8.17. The summed E-state index contributed by atoms with van der Waals surface area (Å²) in [5, 5.41) is 10.1. The maximum atomic E-state index is 11.6. The Hall–Kier alpha value is -3.04. The average molecular weight is 392 g/mol. The number of nitrogens with zero attached hydrogens (tertiary/aromatic N) is 1. The molecule has 0 saturated heterocycles. The molecule has 1 atom stereocenters. The molecule has 6 heteroatoms. The number of hydrogen-bond acceptors (Lipinski definition) is 4. The van der Waals surface area contributed by atoms with Crippen molar-refractivity contribution < 1.29 is 9.84 Å². The molecule has 2 N–H and O–H groups in total. The van der Waals surface area contributed by atoms with E-state index in [-0.39, 0.29) is 16.7 Å². The molecule has 1 heterocycles. The van der Waals surface area contributed by atoms with Crippen molar-refractivity contribution in [1.29, 1.82) is 0 Å². The van der Waals surface area contributed by atoms with E-state index in [1.807, 2.05) is 44.2 Å². The maximum Gasteiger partial charge on any atom is 0.307 e. The fourth-order valence-corrected chi connectivity index (χ4v) is 4.86. The fourth-order valence-electron chi connectivity index (χ4n) is 3.98. The van der Waals surface area contributed by atoms with Gasteiger partial charge in [-0.05, 0) is 79.6 Å². The van der Waals surface area contributed by atoms with Crippen molar-refractivity contribution in [1.82, 2.24) is 4.98 Å². The topological polar surface area (TPSA) is 66.7 Å². The molecule has 28 heavy (non-hydrogen) atoms. The van der Waals surface area contributed by atoms with Gasteiger partial charge in [-0.25, -0.2) is 4.85 Å². The molecule has 1 aliphatic rings. The Kier molecular flexibility index (Phi) is 4.70. The van der Waals surface area contributed by atoms with Crippen LogP contribution < -0.4 is 9.61 Å². The van der Waals surface area contributed by atoms with E-state index in [9.17, 15) is 9.90 Å². The van der Waals surface area contributed by atoms with Crippen LogP contribution in [0.2, 0.25) is 0 Å². The molecule has 0 aliphatic heterocycles. The second kappa shape index (κ2) is 7.17. The van der Waals surface area contributed by atoms with Gasteiger partial charge in [0.05, 0.1) is 11.4 Å². The van der Waals surface area contributed by atoms with Gasteiger partial charge in [0.25, 0.3) is 0 Å². The molecular formula is C22H20N2O3S. The van der Waals surface area contributed by atoms with E-state index in [2.05, 4.69) is 9.83 Å². The zero-order chi connectivity index (χ0) is 19.8. The molecule has 4 rings (SSSR count). The molecule has 0 unspecified atom stereocenters. The number of hydrogen-bond donors (Lipinski definition) is 2. The van der Waals surface area contributed by atoms with Gasteiger partial charge in [0, 0.05) is 5.92 Å². The summed E-state index contributed by atoms with van der Waals surface area (Å²) in [6.07, 6.45) is 2.84. The van der Waals surface area contributed by atoms with Gasteiger partial charge in [-0.3, -0.25) is 9.78 Å². The van der Waals surface area contributed by atoms with Gasteiger partial charge in [-0.1, -0.05) is 17.4 Å². The number of aromatic amines is 1. The highest BCUT2D eigenvalue weighted by molar-refractivity contribution is 7.09. The van der Waals surface area contributed by atoms with E-state index in [1.54, 1.807) is 0 Å². The summed E-state index contributed by atoms with van der Waals surface area (Å²) in [5.74, 6) is 1.49. The van der Waals surface area contributed by atoms with E-state index in [0.29, 0.717) is 10.6 Å². The van der Waals surface area contributed by atoms with Gasteiger partial charge in [-0.2, -0.15) is 0 Å². The van der Waals surface area contributed by atoms with Crippen LogP contribution in [0.15, 0.2) is 35.1 Å². The van der Waals surface area contributed by atoms with Gasteiger partial charge in [-0.15, -0.1) is 0 Å². The molecule has 1 aliphatic carbocycles. The van der Waals surface area contributed by atoms with Crippen LogP contribution in [0.5, 0.6) is 17.4 Å². The van der Waals surface area contributed by atoms with Crippen molar-refractivity contribution in [3.63, 3.8) is 0 Å². The van der Waals surface area contributed by atoms with Crippen LogP contribution in [0.25, 0.3) is 4.85 Å². The normalized spacial score (nSPS) is 15.7. The highest BCUT2D eigenvalue weighted by Gasteiger charge is 2.26. The predicted octanol–water partition coefficient (Wildman–Crippen LogP) is 5.57. The number of benzene rings is 2. The Labute approximate surface area is 167 Å². The standard InChI is InChI=1S/C22H20N2O3S/c1-12-9-16(10-13(2)19(12)23-3)27-15-7-8-17-14(11-15)5-4-6-18(17)20-21(25)24-22(26)28-20/h7-11,18,25H,4-6H2,1-2H3,(H,24,26)/t18-/m1/s1. The average Bonchev–Trinajstić information content (AvgIpc) is 2.99.